The summed E-state index contributed by atoms with van der Waals surface area (Å²) in [4.78, 5) is 1.35. The van der Waals surface area contributed by atoms with Crippen molar-refractivity contribution < 1.29 is 49.0 Å². The molecule has 0 bridgehead atoms. The minimum absolute atomic E-state index is 0. The standard InChI is InChI=1S/C21H25.C10H9S.C6H10.2ClH.Zr/c1-20(2,3)16-9-7-14-11-15-8-10-17(21(4,5)6)13-19(15)18(14)12-16;1-8-4-5-9(7-8)10-3-2-6-11-10;1-2-4-6-5-3-1;;;/h7,9-10,12-13H,11H2,1-6H3;2-3,5-8H,1H3;1-5H2;2*1H;/q2*-1;;;;+2/p-2. The molecule has 0 radical (unpaired) electrons. The molecule has 0 amide bonds. The Kier molecular flexibility index (Phi) is 13.8. The third kappa shape index (κ3) is 9.99. The molecule has 3 aliphatic rings. The Labute approximate surface area is 281 Å². The fraction of sp³-hybridized carbons (Fsp3) is 0.432. The van der Waals surface area contributed by atoms with Gasteiger partial charge in [-0.3, -0.25) is 6.08 Å². The van der Waals surface area contributed by atoms with Crippen molar-refractivity contribution in [2.75, 3.05) is 0 Å². The molecule has 0 aliphatic heterocycles. The third-order valence-electron chi connectivity index (χ3n) is 7.72. The van der Waals surface area contributed by atoms with Crippen LogP contribution >= 0.6 is 11.3 Å². The summed E-state index contributed by atoms with van der Waals surface area (Å²) in [5.74, 6) is 0.493. The van der Waals surface area contributed by atoms with Crippen LogP contribution in [0.2, 0.25) is 0 Å². The molecule has 0 saturated heterocycles. The summed E-state index contributed by atoms with van der Waals surface area (Å²) in [6.07, 6.45) is 15.9. The Morgan fingerprint density at radius 3 is 2.02 bits per heavy atom. The average molecular weight is 683 g/mol. The van der Waals surface area contributed by atoms with Crippen LogP contribution < -0.4 is 24.8 Å². The predicted molar refractivity (Wildman–Crippen MR) is 168 cm³/mol. The van der Waals surface area contributed by atoms with E-state index in [2.05, 4.69) is 121 Å². The third-order valence-corrected chi connectivity index (χ3v) is 9.87. The zero-order valence-corrected chi connectivity index (χ0v) is 30.5. The zero-order chi connectivity index (χ0) is 28.2. The van der Waals surface area contributed by atoms with Gasteiger partial charge in [0.1, 0.15) is 0 Å². The molecule has 1 heterocycles. The van der Waals surface area contributed by atoms with E-state index < -0.39 is 0 Å². The molecule has 41 heavy (non-hydrogen) atoms. The molecule has 218 valence electrons. The van der Waals surface area contributed by atoms with E-state index in [0.717, 1.165) is 6.42 Å². The first-order chi connectivity index (χ1) is 18.4. The van der Waals surface area contributed by atoms with Gasteiger partial charge in [-0.25, -0.2) is 6.08 Å². The van der Waals surface area contributed by atoms with Gasteiger partial charge in [0.25, 0.3) is 0 Å². The number of rotatable bonds is 1. The van der Waals surface area contributed by atoms with Crippen LogP contribution in [0.5, 0.6) is 0 Å². The van der Waals surface area contributed by atoms with E-state index in [-0.39, 0.29) is 35.6 Å². The molecule has 3 aromatic rings. The van der Waals surface area contributed by atoms with E-state index in [1.807, 2.05) is 0 Å². The van der Waals surface area contributed by atoms with Crippen LogP contribution in [-0.2, 0) is 41.5 Å². The molecule has 1 aromatic heterocycles. The predicted octanol–water partition coefficient (Wildman–Crippen LogP) is 4.47. The second-order valence-electron chi connectivity index (χ2n) is 13.2. The van der Waals surface area contributed by atoms with E-state index >= 15 is 0 Å². The van der Waals surface area contributed by atoms with Crippen LogP contribution in [0.1, 0.15) is 108 Å². The molecule has 1 fully saturated rings. The monoisotopic (exact) mass is 680 g/mol. The quantitative estimate of drug-likeness (QED) is 0.260. The SMILES string of the molecule is CC(C)(C)c1c[c-]c2c(c1)-c1cc(C(C)(C)C)ccc1C2.CC1[C-]=CC(c2cccs2)=C1.[Cl-].[Cl-].[Zr+2]=[C]1CCCCC1. The first-order valence-electron chi connectivity index (χ1n) is 14.5. The van der Waals surface area contributed by atoms with Crippen molar-refractivity contribution in [1.29, 1.82) is 0 Å². The van der Waals surface area contributed by atoms with Crippen molar-refractivity contribution in [3.8, 4) is 11.1 Å². The molecule has 1 unspecified atom stereocenters. The van der Waals surface area contributed by atoms with E-state index in [0.29, 0.717) is 5.92 Å². The van der Waals surface area contributed by atoms with Crippen LogP contribution in [0.25, 0.3) is 16.7 Å². The molecular weight excluding hydrogens is 639 g/mol. The van der Waals surface area contributed by atoms with Crippen molar-refractivity contribution in [1.82, 2.24) is 0 Å². The molecule has 2 aromatic carbocycles. The topological polar surface area (TPSA) is 0 Å². The second kappa shape index (κ2) is 15.6. The van der Waals surface area contributed by atoms with Crippen LogP contribution in [0.4, 0.5) is 0 Å². The van der Waals surface area contributed by atoms with Gasteiger partial charge in [0, 0.05) is 0 Å². The zero-order valence-electron chi connectivity index (χ0n) is 25.8. The van der Waals surface area contributed by atoms with Gasteiger partial charge in [0.05, 0.1) is 0 Å². The van der Waals surface area contributed by atoms with Crippen LogP contribution in [0.15, 0.2) is 60.0 Å². The Hall–Kier alpha value is -1.05. The van der Waals surface area contributed by atoms with E-state index in [1.165, 1.54) is 75.9 Å². The fourth-order valence-corrected chi connectivity index (χ4v) is 6.74. The van der Waals surface area contributed by atoms with Gasteiger partial charge < -0.3 is 24.8 Å². The number of hydrogen-bond acceptors (Lipinski definition) is 1. The molecule has 0 nitrogen and oxygen atoms in total. The Balaban J connectivity index is 0.000000246. The van der Waals surface area contributed by atoms with E-state index in [4.69, 9.17) is 0 Å². The number of allylic oxidation sites excluding steroid dienone is 4. The van der Waals surface area contributed by atoms with Crippen molar-refractivity contribution in [3.63, 3.8) is 0 Å². The van der Waals surface area contributed by atoms with Crippen LogP contribution in [-0.4, -0.2) is 3.21 Å². The first kappa shape index (κ1) is 36.1. The average Bonchev–Trinajstić information content (AvgIpc) is 3.63. The maximum absolute atomic E-state index is 3.53. The number of thiophene rings is 1. The van der Waals surface area contributed by atoms with Gasteiger partial charge >= 0.3 is 59.5 Å². The minimum atomic E-state index is 0. The fourth-order valence-electron chi connectivity index (χ4n) is 5.15. The molecule has 6 rings (SSSR count). The Bertz CT molecular complexity index is 1280. The molecule has 1 saturated carbocycles. The molecule has 0 spiro atoms. The van der Waals surface area contributed by atoms with Gasteiger partial charge in [0.15, 0.2) is 0 Å². The Morgan fingerprint density at radius 2 is 1.51 bits per heavy atom. The summed E-state index contributed by atoms with van der Waals surface area (Å²) >= 11 is 3.47. The van der Waals surface area contributed by atoms with Gasteiger partial charge in [-0.05, 0) is 27.7 Å². The Morgan fingerprint density at radius 1 is 0.854 bits per heavy atom. The van der Waals surface area contributed by atoms with Crippen molar-refractivity contribution in [3.05, 3.63) is 99.3 Å². The van der Waals surface area contributed by atoms with Crippen molar-refractivity contribution in [2.45, 2.75) is 97.8 Å². The van der Waals surface area contributed by atoms with Gasteiger partial charge in [0.2, 0.25) is 0 Å². The van der Waals surface area contributed by atoms with E-state index in [9.17, 15) is 0 Å². The van der Waals surface area contributed by atoms with Gasteiger partial charge in [-0.2, -0.15) is 52.3 Å². The number of hydrogen-bond donors (Lipinski definition) is 0. The number of halogens is 2. The summed E-state index contributed by atoms with van der Waals surface area (Å²) in [7, 11) is 0. The molecule has 0 N–H and O–H groups in total. The van der Waals surface area contributed by atoms with E-state index in [1.54, 1.807) is 38.8 Å². The first-order valence-corrected chi connectivity index (χ1v) is 16.6. The summed E-state index contributed by atoms with van der Waals surface area (Å²) < 4.78 is 1.80. The van der Waals surface area contributed by atoms with Crippen molar-refractivity contribution >= 4 is 20.1 Å². The number of fused-ring (bicyclic) bond motifs is 3. The van der Waals surface area contributed by atoms with Gasteiger partial charge in [-0.1, -0.05) is 101 Å². The molecular formula is C37H44Cl2SZr-2. The second-order valence-corrected chi connectivity index (χ2v) is 15.9. The summed E-state index contributed by atoms with van der Waals surface area (Å²) in [6.45, 7) is 15.8. The summed E-state index contributed by atoms with van der Waals surface area (Å²) in [5.41, 5.74) is 10.1. The maximum atomic E-state index is 3.53. The summed E-state index contributed by atoms with van der Waals surface area (Å²) in [5, 5.41) is 2.10. The normalized spacial score (nSPS) is 17.0. The molecule has 4 heteroatoms. The van der Waals surface area contributed by atoms with Crippen molar-refractivity contribution in [2.24, 2.45) is 5.92 Å². The number of benzene rings is 2. The summed E-state index contributed by atoms with van der Waals surface area (Å²) in [6, 6.07) is 19.3. The van der Waals surface area contributed by atoms with Gasteiger partial charge in [-0.15, -0.1) is 5.56 Å². The molecule has 3 aliphatic carbocycles. The van der Waals surface area contributed by atoms with Crippen LogP contribution in [0.3, 0.4) is 0 Å². The van der Waals surface area contributed by atoms with Crippen LogP contribution in [0, 0.1) is 18.1 Å². The molecule has 1 atom stereocenters.